The summed E-state index contributed by atoms with van der Waals surface area (Å²) in [5, 5.41) is 5.06. The van der Waals surface area contributed by atoms with Crippen LogP contribution in [0.25, 0.3) is 11.1 Å². The molecule has 0 bridgehead atoms. The second-order valence-corrected chi connectivity index (χ2v) is 4.89. The number of carbonyl (C=O) groups excluding carboxylic acids is 1. The van der Waals surface area contributed by atoms with Gasteiger partial charge in [-0.15, -0.1) is 22.9 Å². The first-order valence-corrected chi connectivity index (χ1v) is 6.82. The monoisotopic (exact) mass is 293 g/mol. The number of hydrogen-bond acceptors (Lipinski definition) is 5. The van der Waals surface area contributed by atoms with Crippen LogP contribution in [-0.4, -0.2) is 15.9 Å². The van der Waals surface area contributed by atoms with Gasteiger partial charge in [-0.25, -0.2) is 9.97 Å². The van der Waals surface area contributed by atoms with Gasteiger partial charge in [0.05, 0.1) is 11.6 Å². The van der Waals surface area contributed by atoms with Crippen LogP contribution < -0.4 is 5.32 Å². The standard InChI is InChI=1S/C12H8ClN3O2S/c13-4-8-5-19-12(15-8)16-11(17)7-1-2-10-9(3-7)14-6-18-10/h1-3,5-6H,4H2,(H,15,16,17). The number of amides is 1. The predicted molar refractivity (Wildman–Crippen MR) is 73.6 cm³/mol. The highest BCUT2D eigenvalue weighted by atomic mass is 35.5. The third-order valence-corrected chi connectivity index (χ3v) is 3.58. The molecule has 0 radical (unpaired) electrons. The molecule has 1 N–H and O–H groups in total. The first kappa shape index (κ1) is 12.1. The molecule has 7 heteroatoms. The van der Waals surface area contributed by atoms with Crippen molar-refractivity contribution in [3.8, 4) is 0 Å². The largest absolute Gasteiger partial charge is 0.443 e. The Labute approximate surface area is 117 Å². The van der Waals surface area contributed by atoms with E-state index in [0.717, 1.165) is 5.69 Å². The average Bonchev–Trinajstić information content (AvgIpc) is 3.05. The molecule has 96 valence electrons. The number of rotatable bonds is 3. The molecule has 3 aromatic rings. The Kier molecular flexibility index (Phi) is 3.18. The molecule has 0 atom stereocenters. The number of alkyl halides is 1. The Morgan fingerprint density at radius 1 is 1.47 bits per heavy atom. The van der Waals surface area contributed by atoms with E-state index in [4.69, 9.17) is 16.0 Å². The first-order chi connectivity index (χ1) is 9.26. The Hall–Kier alpha value is -1.92. The Morgan fingerprint density at radius 3 is 3.16 bits per heavy atom. The first-order valence-electron chi connectivity index (χ1n) is 5.41. The van der Waals surface area contributed by atoms with Gasteiger partial charge in [0.2, 0.25) is 0 Å². The van der Waals surface area contributed by atoms with Crippen molar-refractivity contribution < 1.29 is 9.21 Å². The van der Waals surface area contributed by atoms with Crippen LogP contribution in [0.2, 0.25) is 0 Å². The Balaban J connectivity index is 1.82. The zero-order chi connectivity index (χ0) is 13.2. The van der Waals surface area contributed by atoms with Crippen LogP contribution in [0.4, 0.5) is 5.13 Å². The summed E-state index contributed by atoms with van der Waals surface area (Å²) in [6, 6.07) is 5.06. The van der Waals surface area contributed by atoms with E-state index in [2.05, 4.69) is 15.3 Å². The van der Waals surface area contributed by atoms with E-state index in [1.807, 2.05) is 5.38 Å². The fourth-order valence-electron chi connectivity index (χ4n) is 1.59. The lowest BCUT2D eigenvalue weighted by Gasteiger charge is -2.01. The van der Waals surface area contributed by atoms with Gasteiger partial charge < -0.3 is 4.42 Å². The van der Waals surface area contributed by atoms with Crippen molar-refractivity contribution in [2.75, 3.05) is 5.32 Å². The number of benzene rings is 1. The number of anilines is 1. The summed E-state index contributed by atoms with van der Waals surface area (Å²) in [4.78, 5) is 20.2. The topological polar surface area (TPSA) is 68.0 Å². The molecule has 5 nitrogen and oxygen atoms in total. The maximum atomic E-state index is 12.0. The smallest absolute Gasteiger partial charge is 0.257 e. The van der Waals surface area contributed by atoms with E-state index in [-0.39, 0.29) is 5.91 Å². The highest BCUT2D eigenvalue weighted by molar-refractivity contribution is 7.14. The molecule has 0 spiro atoms. The molecule has 1 amide bonds. The number of hydrogen-bond donors (Lipinski definition) is 1. The molecule has 0 fully saturated rings. The summed E-state index contributed by atoms with van der Waals surface area (Å²) in [6.45, 7) is 0. The maximum absolute atomic E-state index is 12.0. The van der Waals surface area contributed by atoms with Gasteiger partial charge in [-0.1, -0.05) is 0 Å². The zero-order valence-electron chi connectivity index (χ0n) is 9.59. The van der Waals surface area contributed by atoms with Gasteiger partial charge in [-0.3, -0.25) is 10.1 Å². The number of nitrogens with one attached hydrogen (secondary N) is 1. The lowest BCUT2D eigenvalue weighted by molar-refractivity contribution is 0.102. The van der Waals surface area contributed by atoms with Crippen LogP contribution in [0.3, 0.4) is 0 Å². The average molecular weight is 294 g/mol. The quantitative estimate of drug-likeness (QED) is 0.753. The second-order valence-electron chi connectivity index (χ2n) is 3.77. The minimum atomic E-state index is -0.236. The van der Waals surface area contributed by atoms with Crippen LogP contribution in [0.15, 0.2) is 34.4 Å². The summed E-state index contributed by atoms with van der Waals surface area (Å²) in [7, 11) is 0. The highest BCUT2D eigenvalue weighted by Gasteiger charge is 2.10. The zero-order valence-corrected chi connectivity index (χ0v) is 11.2. The van der Waals surface area contributed by atoms with Crippen molar-refractivity contribution in [1.82, 2.24) is 9.97 Å². The van der Waals surface area contributed by atoms with Crippen LogP contribution >= 0.6 is 22.9 Å². The molecule has 0 aliphatic carbocycles. The summed E-state index contributed by atoms with van der Waals surface area (Å²) in [5.74, 6) is 0.0949. The van der Waals surface area contributed by atoms with Crippen LogP contribution in [0, 0.1) is 0 Å². The van der Waals surface area contributed by atoms with E-state index in [1.165, 1.54) is 17.7 Å². The third kappa shape index (κ3) is 2.45. The second kappa shape index (κ2) is 4.99. The molecule has 0 saturated carbocycles. The van der Waals surface area contributed by atoms with E-state index in [9.17, 15) is 4.79 Å². The van der Waals surface area contributed by atoms with Crippen LogP contribution in [-0.2, 0) is 5.88 Å². The lowest BCUT2D eigenvalue weighted by atomic mass is 10.2. The summed E-state index contributed by atoms with van der Waals surface area (Å²) in [5.41, 5.74) is 2.54. The number of nitrogens with zero attached hydrogens (tertiary/aromatic N) is 2. The normalized spacial score (nSPS) is 10.8. The van der Waals surface area contributed by atoms with Crippen molar-refractivity contribution in [1.29, 1.82) is 0 Å². The number of fused-ring (bicyclic) bond motifs is 1. The predicted octanol–water partition coefficient (Wildman–Crippen LogP) is 3.28. The highest BCUT2D eigenvalue weighted by Crippen LogP contribution is 2.19. The molecule has 2 heterocycles. The number of aromatic nitrogens is 2. The summed E-state index contributed by atoms with van der Waals surface area (Å²) in [6.07, 6.45) is 1.35. The fourth-order valence-corrected chi connectivity index (χ4v) is 2.53. The SMILES string of the molecule is O=C(Nc1nc(CCl)cs1)c1ccc2ocnc2c1. The van der Waals surface area contributed by atoms with Gasteiger partial charge in [0, 0.05) is 10.9 Å². The molecular formula is C12H8ClN3O2S. The van der Waals surface area contributed by atoms with Crippen molar-refractivity contribution >= 4 is 45.1 Å². The van der Waals surface area contributed by atoms with Crippen molar-refractivity contribution in [3.63, 3.8) is 0 Å². The summed E-state index contributed by atoms with van der Waals surface area (Å²) < 4.78 is 5.12. The molecule has 0 saturated heterocycles. The molecule has 1 aromatic carbocycles. The molecule has 2 aromatic heterocycles. The number of halogens is 1. The van der Waals surface area contributed by atoms with Gasteiger partial charge in [-0.2, -0.15) is 0 Å². The Morgan fingerprint density at radius 2 is 2.37 bits per heavy atom. The third-order valence-electron chi connectivity index (χ3n) is 2.50. The molecule has 0 aliphatic rings. The van der Waals surface area contributed by atoms with Gasteiger partial charge in [-0.05, 0) is 18.2 Å². The van der Waals surface area contributed by atoms with Gasteiger partial charge in [0.15, 0.2) is 17.1 Å². The molecular weight excluding hydrogens is 286 g/mol. The number of oxazole rings is 1. The van der Waals surface area contributed by atoms with Gasteiger partial charge in [0.25, 0.3) is 5.91 Å². The van der Waals surface area contributed by atoms with Gasteiger partial charge >= 0.3 is 0 Å². The molecule has 0 unspecified atom stereocenters. The van der Waals surface area contributed by atoms with Crippen molar-refractivity contribution in [2.45, 2.75) is 5.88 Å². The van der Waals surface area contributed by atoms with E-state index in [1.54, 1.807) is 18.2 Å². The van der Waals surface area contributed by atoms with Crippen molar-refractivity contribution in [3.05, 3.63) is 41.2 Å². The Bertz CT molecular complexity index is 737. The molecule has 3 rings (SSSR count). The maximum Gasteiger partial charge on any atom is 0.257 e. The fraction of sp³-hybridized carbons (Fsp3) is 0.0833. The molecule has 0 aliphatic heterocycles. The van der Waals surface area contributed by atoms with E-state index >= 15 is 0 Å². The summed E-state index contributed by atoms with van der Waals surface area (Å²) >= 11 is 7.00. The van der Waals surface area contributed by atoms with Crippen LogP contribution in [0.1, 0.15) is 16.1 Å². The molecule has 19 heavy (non-hydrogen) atoms. The minimum absolute atomic E-state index is 0.236. The van der Waals surface area contributed by atoms with E-state index in [0.29, 0.717) is 27.7 Å². The lowest BCUT2D eigenvalue weighted by Crippen LogP contribution is -2.11. The van der Waals surface area contributed by atoms with Crippen molar-refractivity contribution in [2.24, 2.45) is 0 Å². The number of thiazole rings is 1. The minimum Gasteiger partial charge on any atom is -0.443 e. The van der Waals surface area contributed by atoms with Gasteiger partial charge in [0.1, 0.15) is 5.52 Å². The number of carbonyl (C=O) groups is 1. The van der Waals surface area contributed by atoms with Crippen LogP contribution in [0.5, 0.6) is 0 Å². The van der Waals surface area contributed by atoms with E-state index < -0.39 is 0 Å².